The van der Waals surface area contributed by atoms with E-state index in [1.54, 1.807) is 0 Å². The summed E-state index contributed by atoms with van der Waals surface area (Å²) in [7, 11) is -3.80. The summed E-state index contributed by atoms with van der Waals surface area (Å²) in [6, 6.07) is 1.01. The van der Waals surface area contributed by atoms with Crippen molar-refractivity contribution < 1.29 is 27.1 Å². The normalized spacial score (nSPS) is 16.3. The van der Waals surface area contributed by atoms with Crippen LogP contribution in [0.2, 0.25) is 0 Å². The quantitative estimate of drug-likeness (QED) is 0.894. The highest BCUT2D eigenvalue weighted by Gasteiger charge is 2.29. The lowest BCUT2D eigenvalue weighted by Crippen LogP contribution is -2.26. The average Bonchev–Trinajstić information content (AvgIpc) is 2.86. The summed E-state index contributed by atoms with van der Waals surface area (Å²) < 4.78 is 52.8. The third-order valence-electron chi connectivity index (χ3n) is 3.28. The molecule has 0 unspecified atom stereocenters. The number of sulfonamides is 1. The van der Waals surface area contributed by atoms with E-state index in [-0.39, 0.29) is 0 Å². The van der Waals surface area contributed by atoms with E-state index >= 15 is 0 Å². The van der Waals surface area contributed by atoms with E-state index < -0.39 is 44.1 Å². The second-order valence-electron chi connectivity index (χ2n) is 4.67. The van der Waals surface area contributed by atoms with Gasteiger partial charge in [0.1, 0.15) is 11.6 Å². The molecule has 8 heteroatoms. The van der Waals surface area contributed by atoms with Crippen molar-refractivity contribution in [3.8, 4) is 0 Å². The van der Waals surface area contributed by atoms with E-state index in [0.29, 0.717) is 25.0 Å². The summed E-state index contributed by atoms with van der Waals surface area (Å²) in [5.74, 6) is -3.99. The predicted octanol–water partition coefficient (Wildman–Crippen LogP) is 2.35. The SMILES string of the molecule is O=C(O)c1cc(NS(=O)(=O)C2CCCC2)c(F)cc1F. The lowest BCUT2D eigenvalue weighted by Gasteiger charge is -2.14. The first-order valence-corrected chi connectivity index (χ1v) is 7.60. The van der Waals surface area contributed by atoms with E-state index in [1.165, 1.54) is 0 Å². The molecule has 1 aliphatic carbocycles. The van der Waals surface area contributed by atoms with Crippen molar-refractivity contribution in [2.45, 2.75) is 30.9 Å². The fraction of sp³-hybridized carbons (Fsp3) is 0.417. The van der Waals surface area contributed by atoms with Crippen LogP contribution in [0.3, 0.4) is 0 Å². The first kappa shape index (κ1) is 14.7. The molecule has 2 N–H and O–H groups in total. The van der Waals surface area contributed by atoms with E-state index in [1.807, 2.05) is 4.72 Å². The third kappa shape index (κ3) is 2.90. The lowest BCUT2D eigenvalue weighted by molar-refractivity contribution is 0.0692. The van der Waals surface area contributed by atoms with Crippen molar-refractivity contribution in [3.05, 3.63) is 29.3 Å². The summed E-state index contributed by atoms with van der Waals surface area (Å²) in [6.45, 7) is 0. The van der Waals surface area contributed by atoms with Gasteiger partial charge in [-0.15, -0.1) is 0 Å². The summed E-state index contributed by atoms with van der Waals surface area (Å²) >= 11 is 0. The van der Waals surface area contributed by atoms with Crippen molar-refractivity contribution in [2.24, 2.45) is 0 Å². The minimum atomic E-state index is -3.80. The molecule has 0 spiro atoms. The molecule has 0 aromatic heterocycles. The maximum Gasteiger partial charge on any atom is 0.338 e. The number of aromatic carboxylic acids is 1. The number of rotatable bonds is 4. The van der Waals surface area contributed by atoms with Gasteiger partial charge in [-0.05, 0) is 18.9 Å². The van der Waals surface area contributed by atoms with Crippen LogP contribution < -0.4 is 4.72 Å². The molecule has 0 saturated heterocycles. The zero-order valence-electron chi connectivity index (χ0n) is 10.4. The number of carboxylic acid groups (broad SMARTS) is 1. The molecule has 110 valence electrons. The molecule has 20 heavy (non-hydrogen) atoms. The first-order chi connectivity index (χ1) is 9.31. The number of anilines is 1. The molecule has 0 radical (unpaired) electrons. The van der Waals surface area contributed by atoms with Gasteiger partial charge < -0.3 is 5.11 Å². The van der Waals surface area contributed by atoms with E-state index in [2.05, 4.69) is 0 Å². The van der Waals surface area contributed by atoms with Gasteiger partial charge in [0.05, 0.1) is 16.5 Å². The number of hydrogen-bond donors (Lipinski definition) is 2. The number of hydrogen-bond acceptors (Lipinski definition) is 3. The molecule has 1 saturated carbocycles. The Morgan fingerprint density at radius 1 is 1.20 bits per heavy atom. The van der Waals surface area contributed by atoms with Gasteiger partial charge in [0.2, 0.25) is 10.0 Å². The highest BCUT2D eigenvalue weighted by molar-refractivity contribution is 7.93. The largest absolute Gasteiger partial charge is 0.478 e. The monoisotopic (exact) mass is 305 g/mol. The predicted molar refractivity (Wildman–Crippen MR) is 68.1 cm³/mol. The fourth-order valence-electron chi connectivity index (χ4n) is 2.23. The Bertz CT molecular complexity index is 639. The van der Waals surface area contributed by atoms with Crippen LogP contribution in [-0.4, -0.2) is 24.7 Å². The Hall–Kier alpha value is -1.70. The molecule has 2 rings (SSSR count). The maximum absolute atomic E-state index is 13.6. The van der Waals surface area contributed by atoms with Gasteiger partial charge in [-0.25, -0.2) is 22.0 Å². The summed E-state index contributed by atoms with van der Waals surface area (Å²) in [6.07, 6.45) is 2.50. The van der Waals surface area contributed by atoms with Gasteiger partial charge in [-0.1, -0.05) is 12.8 Å². The Morgan fingerprint density at radius 3 is 2.35 bits per heavy atom. The molecule has 1 fully saturated rings. The van der Waals surface area contributed by atoms with Crippen LogP contribution >= 0.6 is 0 Å². The van der Waals surface area contributed by atoms with Crippen LogP contribution in [0, 0.1) is 11.6 Å². The van der Waals surface area contributed by atoms with Gasteiger partial charge in [0, 0.05) is 6.07 Å². The number of carboxylic acids is 1. The van der Waals surface area contributed by atoms with E-state index in [0.717, 1.165) is 12.8 Å². The molecule has 1 aromatic carbocycles. The number of nitrogens with one attached hydrogen (secondary N) is 1. The van der Waals surface area contributed by atoms with E-state index in [9.17, 15) is 22.0 Å². The van der Waals surface area contributed by atoms with Crippen molar-refractivity contribution in [3.63, 3.8) is 0 Å². The fourth-order valence-corrected chi connectivity index (χ4v) is 3.81. The average molecular weight is 305 g/mol. The van der Waals surface area contributed by atoms with Gasteiger partial charge >= 0.3 is 5.97 Å². The van der Waals surface area contributed by atoms with Crippen molar-refractivity contribution in [1.82, 2.24) is 0 Å². The number of halogens is 2. The first-order valence-electron chi connectivity index (χ1n) is 6.05. The smallest absolute Gasteiger partial charge is 0.338 e. The van der Waals surface area contributed by atoms with Crippen LogP contribution in [-0.2, 0) is 10.0 Å². The third-order valence-corrected chi connectivity index (χ3v) is 5.13. The second-order valence-corrected chi connectivity index (χ2v) is 6.63. The van der Waals surface area contributed by atoms with Gasteiger partial charge in [0.25, 0.3) is 0 Å². The summed E-state index contributed by atoms with van der Waals surface area (Å²) in [4.78, 5) is 10.8. The zero-order valence-corrected chi connectivity index (χ0v) is 11.2. The highest BCUT2D eigenvalue weighted by Crippen LogP contribution is 2.28. The van der Waals surface area contributed by atoms with Crippen molar-refractivity contribution in [1.29, 1.82) is 0 Å². The Balaban J connectivity index is 2.33. The summed E-state index contributed by atoms with van der Waals surface area (Å²) in [5.41, 5.74) is -1.33. The molecule has 5 nitrogen and oxygen atoms in total. The van der Waals surface area contributed by atoms with Crippen molar-refractivity contribution in [2.75, 3.05) is 4.72 Å². The van der Waals surface area contributed by atoms with Crippen LogP contribution in [0.1, 0.15) is 36.0 Å². The topological polar surface area (TPSA) is 83.5 Å². The van der Waals surface area contributed by atoms with Gasteiger partial charge in [-0.3, -0.25) is 4.72 Å². The van der Waals surface area contributed by atoms with Crippen LogP contribution in [0.15, 0.2) is 12.1 Å². The molecule has 0 amide bonds. The second kappa shape index (κ2) is 5.35. The van der Waals surface area contributed by atoms with Crippen LogP contribution in [0.4, 0.5) is 14.5 Å². The summed E-state index contributed by atoms with van der Waals surface area (Å²) in [5, 5.41) is 8.13. The Labute approximate surface area is 114 Å². The lowest BCUT2D eigenvalue weighted by atomic mass is 10.2. The van der Waals surface area contributed by atoms with Crippen molar-refractivity contribution >= 4 is 21.7 Å². The zero-order chi connectivity index (χ0) is 14.9. The Morgan fingerprint density at radius 2 is 1.80 bits per heavy atom. The maximum atomic E-state index is 13.6. The van der Waals surface area contributed by atoms with Crippen LogP contribution in [0.25, 0.3) is 0 Å². The molecule has 0 aliphatic heterocycles. The van der Waals surface area contributed by atoms with E-state index in [4.69, 9.17) is 5.11 Å². The van der Waals surface area contributed by atoms with Gasteiger partial charge in [-0.2, -0.15) is 0 Å². The molecule has 0 atom stereocenters. The molecule has 1 aromatic rings. The molecular formula is C12H13F2NO4S. The number of carbonyl (C=O) groups is 1. The van der Waals surface area contributed by atoms with Gasteiger partial charge in [0.15, 0.2) is 0 Å². The molecule has 0 bridgehead atoms. The number of benzene rings is 1. The molecule has 0 heterocycles. The minimum absolute atomic E-state index is 0.357. The minimum Gasteiger partial charge on any atom is -0.478 e. The molecular weight excluding hydrogens is 292 g/mol. The highest BCUT2D eigenvalue weighted by atomic mass is 32.2. The van der Waals surface area contributed by atoms with Crippen LogP contribution in [0.5, 0.6) is 0 Å². The Kier molecular flexibility index (Phi) is 3.94. The standard InChI is InChI=1S/C12H13F2NO4S/c13-9-6-10(14)11(5-8(9)12(16)17)15-20(18,19)7-3-1-2-4-7/h5-7,15H,1-4H2,(H,16,17). The molecule has 1 aliphatic rings.